The number of aromatic carboxylic acids is 1. The van der Waals surface area contributed by atoms with Crippen LogP contribution in [0.1, 0.15) is 41.6 Å². The van der Waals surface area contributed by atoms with E-state index < -0.39 is 5.97 Å². The summed E-state index contributed by atoms with van der Waals surface area (Å²) >= 11 is 1.32. The SMILES string of the molecule is CCCc1nc(N2CCCC2)sc1C(=O)O. The summed E-state index contributed by atoms with van der Waals surface area (Å²) in [4.78, 5) is 18.2. The number of thiazole rings is 1. The van der Waals surface area contributed by atoms with Crippen LogP contribution in [0.3, 0.4) is 0 Å². The van der Waals surface area contributed by atoms with Gasteiger partial charge in [0.25, 0.3) is 0 Å². The third-order valence-electron chi connectivity index (χ3n) is 2.74. The highest BCUT2D eigenvalue weighted by molar-refractivity contribution is 7.17. The molecular formula is C11H16N2O2S. The number of hydrogen-bond acceptors (Lipinski definition) is 4. The largest absolute Gasteiger partial charge is 0.477 e. The summed E-state index contributed by atoms with van der Waals surface area (Å²) in [6, 6.07) is 0. The molecule has 0 amide bonds. The van der Waals surface area contributed by atoms with Crippen LogP contribution in [-0.4, -0.2) is 29.1 Å². The molecule has 0 atom stereocenters. The molecule has 5 heteroatoms. The van der Waals surface area contributed by atoms with E-state index in [0.717, 1.165) is 36.8 Å². The first kappa shape index (κ1) is 11.4. The van der Waals surface area contributed by atoms with Crippen molar-refractivity contribution < 1.29 is 9.90 Å². The lowest BCUT2D eigenvalue weighted by Gasteiger charge is -2.12. The Balaban J connectivity index is 2.26. The number of carbonyl (C=O) groups is 1. The van der Waals surface area contributed by atoms with E-state index in [-0.39, 0.29) is 0 Å². The molecule has 1 aliphatic heterocycles. The second kappa shape index (κ2) is 4.82. The minimum Gasteiger partial charge on any atom is -0.477 e. The third kappa shape index (κ3) is 2.19. The van der Waals surface area contributed by atoms with Crippen molar-refractivity contribution in [2.75, 3.05) is 18.0 Å². The summed E-state index contributed by atoms with van der Waals surface area (Å²) in [7, 11) is 0. The predicted molar refractivity (Wildman–Crippen MR) is 64.5 cm³/mol. The van der Waals surface area contributed by atoms with E-state index in [1.165, 1.54) is 24.2 Å². The molecule has 4 nitrogen and oxygen atoms in total. The number of anilines is 1. The van der Waals surface area contributed by atoms with Gasteiger partial charge in [-0.3, -0.25) is 0 Å². The Morgan fingerprint density at radius 3 is 2.75 bits per heavy atom. The van der Waals surface area contributed by atoms with Gasteiger partial charge in [-0.2, -0.15) is 0 Å². The normalized spacial score (nSPS) is 15.7. The quantitative estimate of drug-likeness (QED) is 0.878. The summed E-state index contributed by atoms with van der Waals surface area (Å²) in [6.07, 6.45) is 4.06. The lowest BCUT2D eigenvalue weighted by Crippen LogP contribution is -2.17. The van der Waals surface area contributed by atoms with E-state index in [4.69, 9.17) is 5.11 Å². The molecule has 0 aromatic carbocycles. The number of carboxylic acids is 1. The summed E-state index contributed by atoms with van der Waals surface area (Å²) < 4.78 is 0. The first-order valence-electron chi connectivity index (χ1n) is 5.70. The summed E-state index contributed by atoms with van der Waals surface area (Å²) in [5.41, 5.74) is 0.752. The maximum atomic E-state index is 11.1. The monoisotopic (exact) mass is 240 g/mol. The van der Waals surface area contributed by atoms with Crippen molar-refractivity contribution in [2.45, 2.75) is 32.6 Å². The van der Waals surface area contributed by atoms with Gasteiger partial charge >= 0.3 is 5.97 Å². The molecule has 2 rings (SSSR count). The summed E-state index contributed by atoms with van der Waals surface area (Å²) in [5.74, 6) is -0.841. The summed E-state index contributed by atoms with van der Waals surface area (Å²) in [5, 5.41) is 9.99. The molecule has 0 aliphatic carbocycles. The van der Waals surface area contributed by atoms with Crippen LogP contribution in [0.2, 0.25) is 0 Å². The van der Waals surface area contributed by atoms with E-state index >= 15 is 0 Å². The first-order chi connectivity index (χ1) is 7.72. The number of hydrogen-bond donors (Lipinski definition) is 1. The molecule has 1 aromatic heterocycles. The molecule has 0 saturated carbocycles. The highest BCUT2D eigenvalue weighted by atomic mass is 32.1. The van der Waals surface area contributed by atoms with Crippen LogP contribution in [0.15, 0.2) is 0 Å². The van der Waals surface area contributed by atoms with Gasteiger partial charge < -0.3 is 10.0 Å². The van der Waals surface area contributed by atoms with Gasteiger partial charge in [0.15, 0.2) is 5.13 Å². The van der Waals surface area contributed by atoms with E-state index in [1.54, 1.807) is 0 Å². The highest BCUT2D eigenvalue weighted by Crippen LogP contribution is 2.29. The van der Waals surface area contributed by atoms with Gasteiger partial charge in [-0.05, 0) is 19.3 Å². The molecule has 0 unspecified atom stereocenters. The average molecular weight is 240 g/mol. The number of carboxylic acid groups (broad SMARTS) is 1. The van der Waals surface area contributed by atoms with Crippen LogP contribution in [-0.2, 0) is 6.42 Å². The van der Waals surface area contributed by atoms with Gasteiger partial charge in [0, 0.05) is 13.1 Å². The lowest BCUT2D eigenvalue weighted by atomic mass is 10.2. The molecule has 1 fully saturated rings. The number of nitrogens with zero attached hydrogens (tertiary/aromatic N) is 2. The van der Waals surface area contributed by atoms with E-state index in [0.29, 0.717) is 4.88 Å². The Morgan fingerprint density at radius 1 is 1.50 bits per heavy atom. The van der Waals surface area contributed by atoms with Gasteiger partial charge in [0.1, 0.15) is 4.88 Å². The van der Waals surface area contributed by atoms with Crippen LogP contribution < -0.4 is 4.90 Å². The molecule has 1 aromatic rings. The Bertz CT molecular complexity index is 383. The van der Waals surface area contributed by atoms with Crippen LogP contribution in [0.25, 0.3) is 0 Å². The van der Waals surface area contributed by atoms with Gasteiger partial charge in [-0.1, -0.05) is 24.7 Å². The molecule has 2 heterocycles. The minimum absolute atomic E-state index is 0.420. The van der Waals surface area contributed by atoms with Crippen molar-refractivity contribution in [3.05, 3.63) is 10.6 Å². The second-order valence-corrected chi connectivity index (χ2v) is 5.00. The fourth-order valence-electron chi connectivity index (χ4n) is 1.96. The van der Waals surface area contributed by atoms with Crippen molar-refractivity contribution in [3.63, 3.8) is 0 Å². The van der Waals surface area contributed by atoms with E-state index in [2.05, 4.69) is 9.88 Å². The van der Waals surface area contributed by atoms with Crippen molar-refractivity contribution in [3.8, 4) is 0 Å². The van der Waals surface area contributed by atoms with Gasteiger partial charge in [-0.25, -0.2) is 9.78 Å². The minimum atomic E-state index is -0.841. The Morgan fingerprint density at radius 2 is 2.19 bits per heavy atom. The molecule has 0 radical (unpaired) electrons. The maximum absolute atomic E-state index is 11.1. The molecule has 0 bridgehead atoms. The zero-order valence-electron chi connectivity index (χ0n) is 9.40. The van der Waals surface area contributed by atoms with Gasteiger partial charge in [0.05, 0.1) is 5.69 Å². The standard InChI is InChI=1S/C11H16N2O2S/c1-2-5-8-9(10(14)15)16-11(12-8)13-6-3-4-7-13/h2-7H2,1H3,(H,14,15). The van der Waals surface area contributed by atoms with Crippen molar-refractivity contribution in [2.24, 2.45) is 0 Å². The Hall–Kier alpha value is -1.10. The average Bonchev–Trinajstić information content (AvgIpc) is 2.83. The van der Waals surface area contributed by atoms with E-state index in [1.807, 2.05) is 6.92 Å². The Labute approximate surface area is 98.9 Å². The number of rotatable bonds is 4. The maximum Gasteiger partial charge on any atom is 0.347 e. The third-order valence-corrected chi connectivity index (χ3v) is 3.89. The van der Waals surface area contributed by atoms with Gasteiger partial charge in [-0.15, -0.1) is 0 Å². The van der Waals surface area contributed by atoms with Crippen molar-refractivity contribution in [1.29, 1.82) is 0 Å². The highest BCUT2D eigenvalue weighted by Gasteiger charge is 2.21. The van der Waals surface area contributed by atoms with Gasteiger partial charge in [0.2, 0.25) is 0 Å². The topological polar surface area (TPSA) is 53.4 Å². The number of aromatic nitrogens is 1. The number of aryl methyl sites for hydroxylation is 1. The van der Waals surface area contributed by atoms with Crippen molar-refractivity contribution in [1.82, 2.24) is 4.98 Å². The Kier molecular flexibility index (Phi) is 3.43. The smallest absolute Gasteiger partial charge is 0.347 e. The fourth-order valence-corrected chi connectivity index (χ4v) is 2.96. The molecule has 1 saturated heterocycles. The molecule has 88 valence electrons. The fraction of sp³-hybridized carbons (Fsp3) is 0.636. The van der Waals surface area contributed by atoms with Crippen LogP contribution in [0.5, 0.6) is 0 Å². The first-order valence-corrected chi connectivity index (χ1v) is 6.52. The molecule has 16 heavy (non-hydrogen) atoms. The molecule has 0 spiro atoms. The van der Waals surface area contributed by atoms with E-state index in [9.17, 15) is 4.79 Å². The summed E-state index contributed by atoms with van der Waals surface area (Å²) in [6.45, 7) is 4.07. The zero-order chi connectivity index (χ0) is 11.5. The lowest BCUT2D eigenvalue weighted by molar-refractivity contribution is 0.0700. The van der Waals surface area contributed by atoms with Crippen LogP contribution in [0, 0.1) is 0 Å². The molecule has 1 aliphatic rings. The van der Waals surface area contributed by atoms with Crippen molar-refractivity contribution >= 4 is 22.4 Å². The predicted octanol–water partition coefficient (Wildman–Crippen LogP) is 2.39. The molecule has 1 N–H and O–H groups in total. The van der Waals surface area contributed by atoms with Crippen LogP contribution in [0.4, 0.5) is 5.13 Å². The molecular weight excluding hydrogens is 224 g/mol. The van der Waals surface area contributed by atoms with Crippen LogP contribution >= 0.6 is 11.3 Å². The zero-order valence-corrected chi connectivity index (χ0v) is 10.2. The second-order valence-electron chi connectivity index (χ2n) is 4.02.